The zero-order valence-electron chi connectivity index (χ0n) is 17.0. The van der Waals surface area contributed by atoms with Crippen LogP contribution in [0.5, 0.6) is 5.75 Å². The van der Waals surface area contributed by atoms with Crippen molar-refractivity contribution in [2.24, 2.45) is 0 Å². The summed E-state index contributed by atoms with van der Waals surface area (Å²) in [6, 6.07) is 12.6. The summed E-state index contributed by atoms with van der Waals surface area (Å²) >= 11 is 0. The molecule has 6 heteroatoms. The SMILES string of the molecule is COc1ccc2c(c1)C(C)Cc1c(ncnc1-n1cnc3cc(C)ccc31)N2C. The van der Waals surface area contributed by atoms with Crippen molar-refractivity contribution in [2.45, 2.75) is 26.2 Å². The van der Waals surface area contributed by atoms with Crippen molar-refractivity contribution in [2.75, 3.05) is 19.1 Å². The molecule has 5 rings (SSSR count). The van der Waals surface area contributed by atoms with E-state index in [1.807, 2.05) is 12.4 Å². The summed E-state index contributed by atoms with van der Waals surface area (Å²) in [4.78, 5) is 16.1. The lowest BCUT2D eigenvalue weighted by molar-refractivity contribution is 0.414. The van der Waals surface area contributed by atoms with E-state index in [4.69, 9.17) is 4.74 Å². The van der Waals surface area contributed by atoms with Crippen molar-refractivity contribution in [1.29, 1.82) is 0 Å². The van der Waals surface area contributed by atoms with E-state index < -0.39 is 0 Å². The number of nitrogens with zero attached hydrogens (tertiary/aromatic N) is 5. The summed E-state index contributed by atoms with van der Waals surface area (Å²) in [7, 11) is 3.77. The van der Waals surface area contributed by atoms with Gasteiger partial charge in [-0.3, -0.25) is 4.57 Å². The third-order valence-electron chi connectivity index (χ3n) is 5.79. The molecule has 0 fully saturated rings. The third-order valence-corrected chi connectivity index (χ3v) is 5.79. The van der Waals surface area contributed by atoms with Crippen LogP contribution in [-0.4, -0.2) is 33.7 Å². The number of aromatic nitrogens is 4. The fraction of sp³-hybridized carbons (Fsp3) is 0.261. The van der Waals surface area contributed by atoms with Crippen molar-refractivity contribution >= 4 is 22.5 Å². The Kier molecular flexibility index (Phi) is 4.01. The molecule has 3 heterocycles. The van der Waals surface area contributed by atoms with Crippen molar-refractivity contribution < 1.29 is 4.74 Å². The molecule has 0 spiro atoms. The Morgan fingerprint density at radius 3 is 2.69 bits per heavy atom. The standard InChI is InChI=1S/C23H23N5O/c1-14-5-7-21-19(9-14)26-13-28(21)23-18-10-15(2)17-11-16(29-4)6-8-20(17)27(3)22(18)24-12-25-23/h5-9,11-13,15H,10H2,1-4H3. The van der Waals surface area contributed by atoms with E-state index in [1.54, 1.807) is 13.4 Å². The zero-order valence-corrected chi connectivity index (χ0v) is 17.0. The van der Waals surface area contributed by atoms with Gasteiger partial charge in [0.15, 0.2) is 0 Å². The molecule has 2 aromatic heterocycles. The molecule has 29 heavy (non-hydrogen) atoms. The van der Waals surface area contributed by atoms with Crippen LogP contribution >= 0.6 is 0 Å². The molecule has 0 saturated carbocycles. The van der Waals surface area contributed by atoms with Gasteiger partial charge in [-0.25, -0.2) is 15.0 Å². The molecular formula is C23H23N5O. The predicted molar refractivity (Wildman–Crippen MR) is 115 cm³/mol. The van der Waals surface area contributed by atoms with Crippen LogP contribution in [-0.2, 0) is 6.42 Å². The smallest absolute Gasteiger partial charge is 0.147 e. The molecule has 0 radical (unpaired) electrons. The van der Waals surface area contributed by atoms with Gasteiger partial charge in [0.05, 0.1) is 18.1 Å². The first-order valence-electron chi connectivity index (χ1n) is 9.76. The van der Waals surface area contributed by atoms with Crippen LogP contribution < -0.4 is 9.64 Å². The molecular weight excluding hydrogens is 362 g/mol. The van der Waals surface area contributed by atoms with Gasteiger partial charge in [0, 0.05) is 18.3 Å². The van der Waals surface area contributed by atoms with Gasteiger partial charge in [-0.05, 0) is 60.7 Å². The predicted octanol–water partition coefficient (Wildman–Crippen LogP) is 4.56. The fourth-order valence-electron chi connectivity index (χ4n) is 4.25. The highest BCUT2D eigenvalue weighted by Gasteiger charge is 2.27. The van der Waals surface area contributed by atoms with Crippen LogP contribution in [0.3, 0.4) is 0 Å². The lowest BCUT2D eigenvalue weighted by Gasteiger charge is -2.22. The molecule has 146 valence electrons. The summed E-state index contributed by atoms with van der Waals surface area (Å²) in [5, 5.41) is 0. The number of fused-ring (bicyclic) bond motifs is 3. The first-order valence-corrected chi connectivity index (χ1v) is 9.76. The molecule has 1 aliphatic heterocycles. The van der Waals surface area contributed by atoms with Gasteiger partial charge in [0.25, 0.3) is 0 Å². The molecule has 6 nitrogen and oxygen atoms in total. The van der Waals surface area contributed by atoms with E-state index in [2.05, 4.69) is 75.6 Å². The number of hydrogen-bond donors (Lipinski definition) is 0. The third kappa shape index (κ3) is 2.75. The maximum Gasteiger partial charge on any atom is 0.147 e. The van der Waals surface area contributed by atoms with E-state index in [0.29, 0.717) is 5.92 Å². The molecule has 0 saturated heterocycles. The van der Waals surface area contributed by atoms with Gasteiger partial charge in [0.2, 0.25) is 0 Å². The number of rotatable bonds is 2. The Labute approximate surface area is 169 Å². The highest BCUT2D eigenvalue weighted by Crippen LogP contribution is 2.42. The van der Waals surface area contributed by atoms with Crippen LogP contribution in [0, 0.1) is 6.92 Å². The Bertz CT molecular complexity index is 1230. The van der Waals surface area contributed by atoms with Crippen LogP contribution in [0.15, 0.2) is 49.1 Å². The van der Waals surface area contributed by atoms with Crippen LogP contribution in [0.1, 0.15) is 29.5 Å². The molecule has 0 N–H and O–H groups in total. The molecule has 1 atom stereocenters. The fourth-order valence-corrected chi connectivity index (χ4v) is 4.25. The van der Waals surface area contributed by atoms with Crippen molar-refractivity contribution in [1.82, 2.24) is 19.5 Å². The molecule has 2 aromatic carbocycles. The van der Waals surface area contributed by atoms with Gasteiger partial charge in [0.1, 0.15) is 30.0 Å². The number of imidazole rings is 1. The number of anilines is 2. The van der Waals surface area contributed by atoms with Crippen LogP contribution in [0.4, 0.5) is 11.5 Å². The second-order valence-electron chi connectivity index (χ2n) is 7.70. The quantitative estimate of drug-likeness (QED) is 0.506. The Hall–Kier alpha value is -3.41. The lowest BCUT2D eigenvalue weighted by atomic mass is 9.94. The van der Waals surface area contributed by atoms with Crippen LogP contribution in [0.25, 0.3) is 16.9 Å². The summed E-state index contributed by atoms with van der Waals surface area (Å²) in [6.45, 7) is 4.32. The second kappa shape index (κ2) is 6.58. The number of benzene rings is 2. The zero-order chi connectivity index (χ0) is 20.1. The highest BCUT2D eigenvalue weighted by molar-refractivity contribution is 5.79. The summed E-state index contributed by atoms with van der Waals surface area (Å²) in [5.41, 5.74) is 6.74. The van der Waals surface area contributed by atoms with Gasteiger partial charge in [-0.1, -0.05) is 13.0 Å². The molecule has 0 aliphatic carbocycles. The topological polar surface area (TPSA) is 56.1 Å². The van der Waals surface area contributed by atoms with Gasteiger partial charge >= 0.3 is 0 Å². The first-order chi connectivity index (χ1) is 14.1. The van der Waals surface area contributed by atoms with Crippen LogP contribution in [0.2, 0.25) is 0 Å². The number of hydrogen-bond acceptors (Lipinski definition) is 5. The largest absolute Gasteiger partial charge is 0.497 e. The van der Waals surface area contributed by atoms with Gasteiger partial charge in [-0.15, -0.1) is 0 Å². The number of methoxy groups -OCH3 is 1. The molecule has 1 aliphatic rings. The lowest BCUT2D eigenvalue weighted by Crippen LogP contribution is -2.15. The molecule has 4 aromatic rings. The second-order valence-corrected chi connectivity index (χ2v) is 7.70. The van der Waals surface area contributed by atoms with Crippen molar-refractivity contribution in [3.05, 3.63) is 65.7 Å². The van der Waals surface area contributed by atoms with E-state index in [1.165, 1.54) is 11.1 Å². The van der Waals surface area contributed by atoms with E-state index in [9.17, 15) is 0 Å². The maximum absolute atomic E-state index is 5.46. The minimum Gasteiger partial charge on any atom is -0.497 e. The summed E-state index contributed by atoms with van der Waals surface area (Å²) in [5.74, 6) is 2.99. The van der Waals surface area contributed by atoms with Crippen molar-refractivity contribution in [3.8, 4) is 11.6 Å². The number of aryl methyl sites for hydroxylation is 1. The Morgan fingerprint density at radius 1 is 1.03 bits per heavy atom. The average molecular weight is 385 g/mol. The summed E-state index contributed by atoms with van der Waals surface area (Å²) in [6.07, 6.45) is 4.34. The average Bonchev–Trinajstić information content (AvgIpc) is 3.11. The first kappa shape index (κ1) is 17.7. The van der Waals surface area contributed by atoms with Gasteiger partial charge in [-0.2, -0.15) is 0 Å². The molecule has 0 amide bonds. The number of ether oxygens (including phenoxy) is 1. The Balaban J connectivity index is 1.70. The summed E-state index contributed by atoms with van der Waals surface area (Å²) < 4.78 is 7.54. The molecule has 0 bridgehead atoms. The van der Waals surface area contributed by atoms with E-state index >= 15 is 0 Å². The van der Waals surface area contributed by atoms with E-state index in [0.717, 1.165) is 46.1 Å². The Morgan fingerprint density at radius 2 is 1.86 bits per heavy atom. The molecule has 1 unspecified atom stereocenters. The normalized spacial score (nSPS) is 15.7. The highest BCUT2D eigenvalue weighted by atomic mass is 16.5. The minimum absolute atomic E-state index is 0.297. The monoisotopic (exact) mass is 385 g/mol. The van der Waals surface area contributed by atoms with Crippen molar-refractivity contribution in [3.63, 3.8) is 0 Å². The minimum atomic E-state index is 0.297. The van der Waals surface area contributed by atoms with E-state index in [-0.39, 0.29) is 0 Å². The maximum atomic E-state index is 5.46. The van der Waals surface area contributed by atoms with Gasteiger partial charge < -0.3 is 9.64 Å².